The molecule has 0 radical (unpaired) electrons. The van der Waals surface area contributed by atoms with Crippen LogP contribution in [0.25, 0.3) is 11.0 Å². The molecule has 0 spiro atoms. The summed E-state index contributed by atoms with van der Waals surface area (Å²) in [4.78, 5) is 28.2. The van der Waals surface area contributed by atoms with Crippen molar-refractivity contribution >= 4 is 17.0 Å². The lowest BCUT2D eigenvalue weighted by Gasteiger charge is -2.32. The molecule has 2 heterocycles. The molecule has 3 rings (SSSR count). The zero-order valence-corrected chi connectivity index (χ0v) is 13.8. The van der Waals surface area contributed by atoms with Crippen LogP contribution in [0, 0.1) is 5.92 Å². The molecule has 2 unspecified atom stereocenters. The second-order valence-corrected chi connectivity index (χ2v) is 6.25. The van der Waals surface area contributed by atoms with Gasteiger partial charge in [0.1, 0.15) is 0 Å². The van der Waals surface area contributed by atoms with Gasteiger partial charge in [-0.3, -0.25) is 9.36 Å². The molecule has 0 amide bonds. The van der Waals surface area contributed by atoms with Crippen molar-refractivity contribution in [2.24, 2.45) is 5.92 Å². The number of hydrogen-bond acceptors (Lipinski definition) is 4. The van der Waals surface area contributed by atoms with Crippen molar-refractivity contribution in [1.29, 1.82) is 0 Å². The minimum Gasteiger partial charge on any atom is -0.476 e. The summed E-state index contributed by atoms with van der Waals surface area (Å²) >= 11 is 0. The second kappa shape index (κ2) is 6.47. The molecule has 24 heavy (non-hydrogen) atoms. The molecule has 1 aromatic carbocycles. The van der Waals surface area contributed by atoms with Crippen LogP contribution in [0.5, 0.6) is 0 Å². The summed E-state index contributed by atoms with van der Waals surface area (Å²) in [6.45, 7) is 4.31. The average Bonchev–Trinajstić information content (AvgIpc) is 2.60. The van der Waals surface area contributed by atoms with Crippen LogP contribution in [0.1, 0.15) is 43.2 Å². The minimum absolute atomic E-state index is 0.191. The van der Waals surface area contributed by atoms with E-state index >= 15 is 0 Å². The zero-order valence-electron chi connectivity index (χ0n) is 13.8. The van der Waals surface area contributed by atoms with Gasteiger partial charge >= 0.3 is 5.97 Å². The Balaban J connectivity index is 2.16. The summed E-state index contributed by atoms with van der Waals surface area (Å²) in [5, 5.41) is 12.7. The summed E-state index contributed by atoms with van der Waals surface area (Å²) in [5.41, 5.74) is 0.190. The van der Waals surface area contributed by atoms with Crippen LogP contribution < -0.4 is 10.9 Å². The SMILES string of the molecule is CCC(C)C1C[C@@H](n2c(=O)c(C(=O)O)nc3ccccc32)C=CN1. The Bertz CT molecular complexity index is 856. The molecule has 0 bridgehead atoms. The fourth-order valence-corrected chi connectivity index (χ4v) is 3.19. The molecule has 6 nitrogen and oxygen atoms in total. The molecule has 3 atom stereocenters. The predicted molar refractivity (Wildman–Crippen MR) is 92.1 cm³/mol. The van der Waals surface area contributed by atoms with E-state index in [2.05, 4.69) is 24.1 Å². The number of allylic oxidation sites excluding steroid dienone is 1. The number of aromatic carboxylic acids is 1. The molecular formula is C18H21N3O3. The minimum atomic E-state index is -1.30. The van der Waals surface area contributed by atoms with Gasteiger partial charge in [-0.1, -0.05) is 32.4 Å². The summed E-state index contributed by atoms with van der Waals surface area (Å²) in [5.74, 6) is -0.837. The number of nitrogens with one attached hydrogen (secondary N) is 1. The van der Waals surface area contributed by atoms with Crippen LogP contribution in [0.4, 0.5) is 0 Å². The third kappa shape index (κ3) is 2.79. The summed E-state index contributed by atoms with van der Waals surface area (Å²) < 4.78 is 1.57. The zero-order chi connectivity index (χ0) is 17.3. The molecule has 6 heteroatoms. The van der Waals surface area contributed by atoms with E-state index in [9.17, 15) is 14.7 Å². The highest BCUT2D eigenvalue weighted by Gasteiger charge is 2.26. The maximum absolute atomic E-state index is 12.7. The van der Waals surface area contributed by atoms with Gasteiger partial charge in [0.2, 0.25) is 5.69 Å². The van der Waals surface area contributed by atoms with E-state index in [1.54, 1.807) is 16.7 Å². The van der Waals surface area contributed by atoms with Crippen molar-refractivity contribution < 1.29 is 9.90 Å². The van der Waals surface area contributed by atoms with E-state index in [1.807, 2.05) is 24.4 Å². The number of para-hydroxylation sites is 2. The smallest absolute Gasteiger partial charge is 0.360 e. The third-order valence-corrected chi connectivity index (χ3v) is 4.78. The lowest BCUT2D eigenvalue weighted by molar-refractivity contribution is 0.0688. The Kier molecular flexibility index (Phi) is 4.38. The Morgan fingerprint density at radius 3 is 2.92 bits per heavy atom. The topological polar surface area (TPSA) is 84.2 Å². The normalized spacial score (nSPS) is 21.4. The van der Waals surface area contributed by atoms with E-state index in [0.29, 0.717) is 17.0 Å². The number of fused-ring (bicyclic) bond motifs is 1. The standard InChI is InChI=1S/C18H21N3O3/c1-3-11(2)14-10-12(8-9-19-14)21-15-7-5-4-6-13(15)20-16(17(21)22)18(23)24/h4-9,11-12,14,19H,3,10H2,1-2H3,(H,23,24)/t11?,12-,14?/m0/s1. The summed E-state index contributed by atoms with van der Waals surface area (Å²) in [6, 6.07) is 7.21. The Morgan fingerprint density at radius 1 is 1.46 bits per heavy atom. The highest BCUT2D eigenvalue weighted by atomic mass is 16.4. The predicted octanol–water partition coefficient (Wildman–Crippen LogP) is 2.56. The van der Waals surface area contributed by atoms with Crippen LogP contribution in [0.2, 0.25) is 0 Å². The molecule has 1 aliphatic rings. The average molecular weight is 327 g/mol. The van der Waals surface area contributed by atoms with Crippen molar-refractivity contribution in [2.45, 2.75) is 38.8 Å². The van der Waals surface area contributed by atoms with Crippen LogP contribution in [-0.2, 0) is 0 Å². The monoisotopic (exact) mass is 327 g/mol. The molecule has 0 fully saturated rings. The fourth-order valence-electron chi connectivity index (χ4n) is 3.19. The molecule has 126 valence electrons. The van der Waals surface area contributed by atoms with Gasteiger partial charge in [-0.2, -0.15) is 0 Å². The number of carboxylic acids is 1. The number of carboxylic acid groups (broad SMARTS) is 1. The van der Waals surface area contributed by atoms with Crippen LogP contribution in [0.15, 0.2) is 41.3 Å². The first-order valence-corrected chi connectivity index (χ1v) is 8.20. The Labute approximate surface area is 139 Å². The second-order valence-electron chi connectivity index (χ2n) is 6.25. The summed E-state index contributed by atoms with van der Waals surface area (Å²) in [6.07, 6.45) is 5.55. The first-order chi connectivity index (χ1) is 11.5. The Hall–Kier alpha value is -2.63. The molecule has 0 saturated heterocycles. The van der Waals surface area contributed by atoms with Crippen molar-refractivity contribution in [3.05, 3.63) is 52.6 Å². The molecule has 2 N–H and O–H groups in total. The van der Waals surface area contributed by atoms with Gasteiger partial charge in [-0.05, 0) is 36.7 Å². The maximum atomic E-state index is 12.7. The van der Waals surface area contributed by atoms with Crippen molar-refractivity contribution in [3.63, 3.8) is 0 Å². The number of rotatable bonds is 4. The third-order valence-electron chi connectivity index (χ3n) is 4.78. The first-order valence-electron chi connectivity index (χ1n) is 8.20. The molecule has 1 aromatic heterocycles. The van der Waals surface area contributed by atoms with Gasteiger partial charge in [-0.25, -0.2) is 9.78 Å². The molecule has 0 aliphatic carbocycles. The number of hydrogen-bond donors (Lipinski definition) is 2. The van der Waals surface area contributed by atoms with Gasteiger partial charge in [-0.15, -0.1) is 0 Å². The molecule has 2 aromatic rings. The number of aromatic nitrogens is 2. The maximum Gasteiger partial charge on any atom is 0.360 e. The van der Waals surface area contributed by atoms with Gasteiger partial charge in [0.15, 0.2) is 0 Å². The number of benzene rings is 1. The largest absolute Gasteiger partial charge is 0.476 e. The van der Waals surface area contributed by atoms with Gasteiger partial charge in [0.25, 0.3) is 5.56 Å². The first kappa shape index (κ1) is 16.2. The lowest BCUT2D eigenvalue weighted by Crippen LogP contribution is -2.40. The number of carbonyl (C=O) groups is 1. The van der Waals surface area contributed by atoms with Crippen molar-refractivity contribution in [3.8, 4) is 0 Å². The van der Waals surface area contributed by atoms with Crippen LogP contribution >= 0.6 is 0 Å². The van der Waals surface area contributed by atoms with Crippen LogP contribution in [0.3, 0.4) is 0 Å². The lowest BCUT2D eigenvalue weighted by atomic mass is 9.91. The van der Waals surface area contributed by atoms with E-state index in [1.165, 1.54) is 0 Å². The highest BCUT2D eigenvalue weighted by Crippen LogP contribution is 2.26. The molecule has 1 aliphatic heterocycles. The molecule has 0 saturated carbocycles. The fraction of sp³-hybridized carbons (Fsp3) is 0.389. The van der Waals surface area contributed by atoms with E-state index in [-0.39, 0.29) is 12.1 Å². The van der Waals surface area contributed by atoms with E-state index < -0.39 is 17.2 Å². The van der Waals surface area contributed by atoms with Gasteiger partial charge in [0.05, 0.1) is 17.1 Å². The van der Waals surface area contributed by atoms with Crippen molar-refractivity contribution in [2.75, 3.05) is 0 Å². The van der Waals surface area contributed by atoms with Gasteiger partial charge in [0, 0.05) is 6.04 Å². The Morgan fingerprint density at radius 2 is 2.21 bits per heavy atom. The van der Waals surface area contributed by atoms with Crippen molar-refractivity contribution in [1.82, 2.24) is 14.9 Å². The number of nitrogens with zero attached hydrogens (tertiary/aromatic N) is 2. The molecular weight excluding hydrogens is 306 g/mol. The quantitative estimate of drug-likeness (QED) is 0.901. The van der Waals surface area contributed by atoms with E-state index in [4.69, 9.17) is 0 Å². The van der Waals surface area contributed by atoms with E-state index in [0.717, 1.165) is 12.8 Å². The highest BCUT2D eigenvalue weighted by molar-refractivity contribution is 5.88. The van der Waals surface area contributed by atoms with Gasteiger partial charge < -0.3 is 10.4 Å². The summed E-state index contributed by atoms with van der Waals surface area (Å²) in [7, 11) is 0. The van der Waals surface area contributed by atoms with Crippen LogP contribution in [-0.4, -0.2) is 26.7 Å².